The lowest BCUT2D eigenvalue weighted by atomic mass is 9.76. The Morgan fingerprint density at radius 1 is 0.745 bits per heavy atom. The summed E-state index contributed by atoms with van der Waals surface area (Å²) in [6, 6.07) is 37.8. The molecule has 1 fully saturated rings. The highest BCUT2D eigenvalue weighted by atomic mass is 16.7. The minimum atomic E-state index is -0.694. The van der Waals surface area contributed by atoms with Crippen LogP contribution in [0.1, 0.15) is 81.1 Å². The molecule has 0 aliphatic carbocycles. The molecule has 2 heterocycles. The van der Waals surface area contributed by atoms with E-state index in [0.717, 1.165) is 53.7 Å². The summed E-state index contributed by atoms with van der Waals surface area (Å²) in [7, 11) is 3.07. The summed E-state index contributed by atoms with van der Waals surface area (Å²) in [6.45, 7) is 9.01. The zero-order valence-electron chi connectivity index (χ0n) is 30.7. The van der Waals surface area contributed by atoms with Crippen LogP contribution in [0.4, 0.5) is 0 Å². The summed E-state index contributed by atoms with van der Waals surface area (Å²) >= 11 is 0. The molecule has 6 rings (SSSR count). The normalized spacial score (nSPS) is 15.8. The van der Waals surface area contributed by atoms with Gasteiger partial charge in [0.05, 0.1) is 37.0 Å². The second-order valence-corrected chi connectivity index (χ2v) is 14.2. The molecule has 0 saturated carbocycles. The van der Waals surface area contributed by atoms with Crippen LogP contribution < -0.4 is 14.8 Å². The van der Waals surface area contributed by atoms with Crippen molar-refractivity contribution in [2.45, 2.75) is 89.0 Å². The van der Waals surface area contributed by atoms with Crippen molar-refractivity contribution in [2.24, 2.45) is 0 Å². The molecule has 0 amide bonds. The van der Waals surface area contributed by atoms with Crippen molar-refractivity contribution in [1.82, 2.24) is 25.5 Å². The van der Waals surface area contributed by atoms with Crippen molar-refractivity contribution in [3.05, 3.63) is 137 Å². The number of hydrogen-bond donors (Lipinski definition) is 1. The smallest absolute Gasteiger partial charge is 0.457 e. The Labute approximate surface area is 302 Å². The lowest BCUT2D eigenvalue weighted by Crippen LogP contribution is -2.47. The Balaban J connectivity index is 1.34. The summed E-state index contributed by atoms with van der Waals surface area (Å²) < 4.78 is 25.6. The van der Waals surface area contributed by atoms with E-state index in [4.69, 9.17) is 23.9 Å². The largest absolute Gasteiger partial charge is 0.493 e. The number of rotatable bonds is 16. The Hall–Kier alpha value is -4.51. The highest BCUT2D eigenvalue weighted by Crippen LogP contribution is 2.41. The van der Waals surface area contributed by atoms with Crippen LogP contribution in [0, 0.1) is 0 Å². The fraction of sp³-hybridized carbons (Fsp3) is 0.390. The predicted octanol–water partition coefficient (Wildman–Crippen LogP) is 7.82. The van der Waals surface area contributed by atoms with Crippen LogP contribution in [0.5, 0.6) is 11.5 Å². The summed E-state index contributed by atoms with van der Waals surface area (Å²) in [6.07, 6.45) is 4.17. The van der Waals surface area contributed by atoms with Gasteiger partial charge in [-0.3, -0.25) is 5.32 Å². The monoisotopic (exact) mass is 687 g/mol. The second kappa shape index (κ2) is 15.8. The molecule has 266 valence electrons. The van der Waals surface area contributed by atoms with Gasteiger partial charge in [0.1, 0.15) is 0 Å². The molecule has 4 aromatic carbocycles. The van der Waals surface area contributed by atoms with Crippen LogP contribution in [-0.2, 0) is 27.8 Å². The molecule has 0 spiro atoms. The molecule has 1 saturated heterocycles. The third-order valence-electron chi connectivity index (χ3n) is 10.4. The van der Waals surface area contributed by atoms with Gasteiger partial charge in [0.2, 0.25) is 0 Å². The van der Waals surface area contributed by atoms with Gasteiger partial charge in [0, 0.05) is 6.54 Å². The van der Waals surface area contributed by atoms with Gasteiger partial charge >= 0.3 is 7.12 Å². The predicted molar refractivity (Wildman–Crippen MR) is 201 cm³/mol. The maximum Gasteiger partial charge on any atom is 0.457 e. The number of nitrogens with zero attached hydrogens (tertiary/aromatic N) is 4. The number of unbranched alkanes of at least 4 members (excludes halogenated alkanes) is 1. The maximum absolute atomic E-state index is 6.33. The first kappa shape index (κ1) is 36.3. The van der Waals surface area contributed by atoms with Crippen molar-refractivity contribution < 1.29 is 18.8 Å². The molecule has 1 N–H and O–H groups in total. The van der Waals surface area contributed by atoms with Gasteiger partial charge in [0.15, 0.2) is 17.3 Å². The van der Waals surface area contributed by atoms with E-state index < -0.39 is 5.54 Å². The Bertz CT molecular complexity index is 1720. The highest BCUT2D eigenvalue weighted by Gasteiger charge is 2.50. The van der Waals surface area contributed by atoms with E-state index in [9.17, 15) is 0 Å². The second-order valence-electron chi connectivity index (χ2n) is 14.2. The van der Waals surface area contributed by atoms with Gasteiger partial charge in [-0.25, -0.2) is 4.68 Å². The lowest BCUT2D eigenvalue weighted by Gasteiger charge is -2.40. The van der Waals surface area contributed by atoms with Gasteiger partial charge in [-0.15, -0.1) is 5.10 Å². The van der Waals surface area contributed by atoms with Gasteiger partial charge in [-0.05, 0) is 91.7 Å². The topological polar surface area (TPSA) is 92.6 Å². The highest BCUT2D eigenvalue weighted by molar-refractivity contribution is 6.45. The lowest BCUT2D eigenvalue weighted by molar-refractivity contribution is 0.00578. The number of tetrazole rings is 1. The van der Waals surface area contributed by atoms with E-state index >= 15 is 0 Å². The van der Waals surface area contributed by atoms with Gasteiger partial charge in [-0.2, -0.15) is 0 Å². The van der Waals surface area contributed by atoms with Crippen LogP contribution in [0.3, 0.4) is 0 Å². The van der Waals surface area contributed by atoms with Crippen LogP contribution in [0.25, 0.3) is 0 Å². The van der Waals surface area contributed by atoms with E-state index in [1.165, 1.54) is 0 Å². The first-order valence-electron chi connectivity index (χ1n) is 17.9. The molecular weight excluding hydrogens is 637 g/mol. The molecule has 1 aliphatic heterocycles. The summed E-state index contributed by atoms with van der Waals surface area (Å²) in [5.74, 6) is 2.19. The van der Waals surface area contributed by atoms with Gasteiger partial charge in [0.25, 0.3) is 0 Å². The van der Waals surface area contributed by atoms with E-state index in [1.807, 2.05) is 16.8 Å². The molecule has 0 bridgehead atoms. The average molecular weight is 688 g/mol. The van der Waals surface area contributed by atoms with Gasteiger partial charge < -0.3 is 18.8 Å². The van der Waals surface area contributed by atoms with Crippen LogP contribution in [0.15, 0.2) is 109 Å². The number of methoxy groups -OCH3 is 2. The molecule has 1 aliphatic rings. The van der Waals surface area contributed by atoms with Crippen LogP contribution in [0.2, 0.25) is 6.32 Å². The molecule has 0 radical (unpaired) electrons. The van der Waals surface area contributed by atoms with Crippen molar-refractivity contribution in [3.63, 3.8) is 0 Å². The van der Waals surface area contributed by atoms with Crippen molar-refractivity contribution in [3.8, 4) is 11.5 Å². The molecule has 5 aromatic rings. The molecule has 1 unspecified atom stereocenters. The molecule has 1 atom stereocenters. The Morgan fingerprint density at radius 2 is 1.29 bits per heavy atom. The fourth-order valence-electron chi connectivity index (χ4n) is 6.98. The van der Waals surface area contributed by atoms with E-state index in [0.29, 0.717) is 24.5 Å². The molecule has 10 heteroatoms. The van der Waals surface area contributed by atoms with Crippen molar-refractivity contribution in [2.75, 3.05) is 14.2 Å². The molecular formula is C41H50BN5O4. The van der Waals surface area contributed by atoms with E-state index in [-0.39, 0.29) is 24.4 Å². The zero-order chi connectivity index (χ0) is 35.9. The van der Waals surface area contributed by atoms with Crippen LogP contribution in [-0.4, -0.2) is 52.7 Å². The zero-order valence-corrected chi connectivity index (χ0v) is 30.7. The molecule has 9 nitrogen and oxygen atoms in total. The quantitative estimate of drug-likeness (QED) is 0.0638. The SMILES string of the molecule is COc1ccc(CCn2nnnc2C(CCCCB2OC(C)(C)C(C)(C)O2)NC(c2ccccc2)(c2ccccc2)c2ccccc2)cc1OC. The summed E-state index contributed by atoms with van der Waals surface area (Å²) in [5.41, 5.74) is 3.11. The first-order chi connectivity index (χ1) is 24.7. The van der Waals surface area contributed by atoms with Crippen molar-refractivity contribution in [1.29, 1.82) is 0 Å². The fourth-order valence-corrected chi connectivity index (χ4v) is 6.98. The van der Waals surface area contributed by atoms with Crippen LogP contribution >= 0.6 is 0 Å². The molecule has 1 aromatic heterocycles. The Morgan fingerprint density at radius 3 is 1.82 bits per heavy atom. The first-order valence-corrected chi connectivity index (χ1v) is 17.9. The van der Waals surface area contributed by atoms with E-state index in [1.54, 1.807) is 14.2 Å². The minimum absolute atomic E-state index is 0.204. The average Bonchev–Trinajstić information content (AvgIpc) is 3.71. The van der Waals surface area contributed by atoms with E-state index in [2.05, 4.69) is 141 Å². The third kappa shape index (κ3) is 7.88. The van der Waals surface area contributed by atoms with Gasteiger partial charge in [-0.1, -0.05) is 110 Å². The summed E-state index contributed by atoms with van der Waals surface area (Å²) in [5, 5.41) is 17.6. The Kier molecular flexibility index (Phi) is 11.2. The minimum Gasteiger partial charge on any atom is -0.493 e. The molecule has 51 heavy (non-hydrogen) atoms. The number of nitrogens with one attached hydrogen (secondary N) is 1. The number of aromatic nitrogens is 4. The number of ether oxygens (including phenoxy) is 2. The third-order valence-corrected chi connectivity index (χ3v) is 10.4. The standard InChI is InChI=1S/C41H50BN5O4/c1-39(2)40(3,4)51-42(50-39)28-17-16-24-35(38-44-45-46-47(38)29-27-31-25-26-36(48-5)37(30-31)49-6)43-41(32-18-10-7-11-19-32,33-20-12-8-13-21-33)34-22-14-9-15-23-34/h7-15,18-23,25-26,30,35,43H,16-17,24,27-29H2,1-6H3. The summed E-state index contributed by atoms with van der Waals surface area (Å²) in [4.78, 5) is 0. The number of hydrogen-bond acceptors (Lipinski definition) is 8. The number of aryl methyl sites for hydroxylation is 2. The van der Waals surface area contributed by atoms with Crippen molar-refractivity contribution >= 4 is 7.12 Å². The maximum atomic E-state index is 6.33. The number of benzene rings is 4.